The molecule has 3 atom stereocenters. The molecule has 0 saturated heterocycles. The van der Waals surface area contributed by atoms with Crippen LogP contribution in [0.25, 0.3) is 0 Å². The summed E-state index contributed by atoms with van der Waals surface area (Å²) in [6.07, 6.45) is -5.88. The van der Waals surface area contributed by atoms with Crippen molar-refractivity contribution in [2.45, 2.75) is 45.3 Å². The number of aliphatic hydroxyl groups excluding tert-OH is 2. The largest absolute Gasteiger partial charge is 0.465 e. The molecule has 0 aromatic heterocycles. The Hall–Kier alpha value is -1.27. The monoisotopic (exact) mass is 292 g/mol. The highest BCUT2D eigenvalue weighted by Gasteiger charge is 2.30. The highest BCUT2D eigenvalue weighted by molar-refractivity contribution is 5.30. The first-order chi connectivity index (χ1) is 9.24. The highest BCUT2D eigenvalue weighted by atomic mass is 19.4. The predicted octanol–water partition coefficient (Wildman–Crippen LogP) is 3.20. The van der Waals surface area contributed by atoms with E-state index in [1.165, 1.54) is 12.1 Å². The van der Waals surface area contributed by atoms with Crippen molar-refractivity contribution in [3.8, 4) is 5.75 Å². The number of ether oxygens (including phenoxy) is 1. The van der Waals surface area contributed by atoms with Crippen LogP contribution < -0.4 is 4.74 Å². The number of hydrogen-bond donors (Lipinski definition) is 2. The molecule has 0 bridgehead atoms. The zero-order valence-corrected chi connectivity index (χ0v) is 11.4. The molecule has 0 fully saturated rings. The van der Waals surface area contributed by atoms with Crippen molar-refractivity contribution in [1.29, 1.82) is 0 Å². The second-order valence-electron chi connectivity index (χ2n) is 4.79. The molecule has 0 aliphatic heterocycles. The summed E-state index contributed by atoms with van der Waals surface area (Å²) in [6.45, 7) is 3.72. The molecule has 0 aliphatic carbocycles. The Balaban J connectivity index is 2.64. The standard InChI is InChI=1S/C14H19F3O3/c1-3-9(2)12(18)8-13(19)20-11-6-4-5-10(7-11)14(15,16)17/h4-7,9,12-13,18-19H,3,8H2,1-2H3/t9-,12-,13-/m0/s1. The Morgan fingerprint density at radius 2 is 1.90 bits per heavy atom. The molecule has 2 N–H and O–H groups in total. The minimum absolute atomic E-state index is 0.0187. The molecule has 0 unspecified atom stereocenters. The lowest BCUT2D eigenvalue weighted by molar-refractivity contribution is -0.138. The number of alkyl halides is 3. The molecule has 1 aromatic carbocycles. The zero-order chi connectivity index (χ0) is 15.3. The maximum atomic E-state index is 12.5. The Morgan fingerprint density at radius 1 is 1.25 bits per heavy atom. The summed E-state index contributed by atoms with van der Waals surface area (Å²) in [7, 11) is 0. The van der Waals surface area contributed by atoms with Gasteiger partial charge in [-0.2, -0.15) is 13.2 Å². The Bertz CT molecular complexity index is 420. The van der Waals surface area contributed by atoms with Gasteiger partial charge in [-0.05, 0) is 24.1 Å². The summed E-state index contributed by atoms with van der Waals surface area (Å²) in [5.41, 5.74) is -0.843. The van der Waals surface area contributed by atoms with E-state index in [2.05, 4.69) is 0 Å². The summed E-state index contributed by atoms with van der Waals surface area (Å²) >= 11 is 0. The van der Waals surface area contributed by atoms with Crippen molar-refractivity contribution in [1.82, 2.24) is 0 Å². The Kier molecular flexibility index (Phi) is 5.83. The summed E-state index contributed by atoms with van der Waals surface area (Å²) in [6, 6.07) is 4.27. The lowest BCUT2D eigenvalue weighted by Crippen LogP contribution is -2.27. The van der Waals surface area contributed by atoms with Gasteiger partial charge >= 0.3 is 6.18 Å². The molecule has 0 radical (unpaired) electrons. The van der Waals surface area contributed by atoms with E-state index in [0.29, 0.717) is 0 Å². The molecule has 3 nitrogen and oxygen atoms in total. The van der Waals surface area contributed by atoms with E-state index in [-0.39, 0.29) is 18.1 Å². The summed E-state index contributed by atoms with van der Waals surface area (Å²) in [5.74, 6) is -0.0987. The average molecular weight is 292 g/mol. The van der Waals surface area contributed by atoms with E-state index in [4.69, 9.17) is 4.74 Å². The molecule has 0 aliphatic rings. The van der Waals surface area contributed by atoms with Gasteiger partial charge in [0.15, 0.2) is 6.29 Å². The van der Waals surface area contributed by atoms with E-state index < -0.39 is 24.1 Å². The fourth-order valence-electron chi connectivity index (χ4n) is 1.66. The fourth-order valence-corrected chi connectivity index (χ4v) is 1.66. The van der Waals surface area contributed by atoms with Gasteiger partial charge in [0.1, 0.15) is 5.75 Å². The molecule has 6 heteroatoms. The van der Waals surface area contributed by atoms with E-state index >= 15 is 0 Å². The summed E-state index contributed by atoms with van der Waals surface area (Å²) < 4.78 is 42.5. The van der Waals surface area contributed by atoms with Crippen LogP contribution in [0.5, 0.6) is 5.75 Å². The van der Waals surface area contributed by atoms with Crippen LogP contribution in [-0.4, -0.2) is 22.6 Å². The lowest BCUT2D eigenvalue weighted by atomic mass is 9.99. The van der Waals surface area contributed by atoms with Crippen LogP contribution in [-0.2, 0) is 6.18 Å². The van der Waals surface area contributed by atoms with Gasteiger partial charge in [0, 0.05) is 6.42 Å². The van der Waals surface area contributed by atoms with Gasteiger partial charge in [-0.3, -0.25) is 0 Å². The molecule has 114 valence electrons. The SMILES string of the molecule is CC[C@H](C)[C@@H](O)C[C@@H](O)Oc1cccc(C(F)(F)F)c1. The smallest absolute Gasteiger partial charge is 0.416 e. The van der Waals surface area contributed by atoms with Gasteiger partial charge in [0.2, 0.25) is 0 Å². The Morgan fingerprint density at radius 3 is 2.45 bits per heavy atom. The number of benzene rings is 1. The molecular weight excluding hydrogens is 273 g/mol. The van der Waals surface area contributed by atoms with Crippen LogP contribution in [0.3, 0.4) is 0 Å². The molecule has 0 saturated carbocycles. The number of hydrogen-bond acceptors (Lipinski definition) is 3. The van der Waals surface area contributed by atoms with E-state index in [0.717, 1.165) is 18.6 Å². The summed E-state index contributed by atoms with van der Waals surface area (Å²) in [4.78, 5) is 0. The zero-order valence-electron chi connectivity index (χ0n) is 11.4. The minimum atomic E-state index is -4.46. The van der Waals surface area contributed by atoms with Gasteiger partial charge in [-0.15, -0.1) is 0 Å². The third-order valence-electron chi connectivity index (χ3n) is 3.18. The number of aliphatic hydroxyl groups is 2. The predicted molar refractivity (Wildman–Crippen MR) is 68.2 cm³/mol. The fraction of sp³-hybridized carbons (Fsp3) is 0.571. The quantitative estimate of drug-likeness (QED) is 0.792. The first-order valence-electron chi connectivity index (χ1n) is 6.44. The molecule has 0 heterocycles. The van der Waals surface area contributed by atoms with Crippen LogP contribution in [0.15, 0.2) is 24.3 Å². The van der Waals surface area contributed by atoms with E-state index in [9.17, 15) is 23.4 Å². The molecule has 1 aromatic rings. The first kappa shape index (κ1) is 16.8. The van der Waals surface area contributed by atoms with Gasteiger partial charge in [0.05, 0.1) is 11.7 Å². The van der Waals surface area contributed by atoms with Crippen LogP contribution in [0, 0.1) is 5.92 Å². The van der Waals surface area contributed by atoms with Crippen molar-refractivity contribution < 1.29 is 28.1 Å². The third kappa shape index (κ3) is 5.02. The van der Waals surface area contributed by atoms with Gasteiger partial charge in [-0.1, -0.05) is 26.3 Å². The van der Waals surface area contributed by atoms with Gasteiger partial charge in [0.25, 0.3) is 0 Å². The number of rotatable bonds is 6. The van der Waals surface area contributed by atoms with Crippen LogP contribution in [0.4, 0.5) is 13.2 Å². The van der Waals surface area contributed by atoms with Crippen molar-refractivity contribution in [3.63, 3.8) is 0 Å². The Labute approximate surface area is 116 Å². The van der Waals surface area contributed by atoms with Crippen LogP contribution in [0.1, 0.15) is 32.3 Å². The van der Waals surface area contributed by atoms with Crippen molar-refractivity contribution in [2.75, 3.05) is 0 Å². The molecule has 1 rings (SSSR count). The average Bonchev–Trinajstić information content (AvgIpc) is 2.36. The van der Waals surface area contributed by atoms with Crippen molar-refractivity contribution in [3.05, 3.63) is 29.8 Å². The van der Waals surface area contributed by atoms with Crippen LogP contribution >= 0.6 is 0 Å². The van der Waals surface area contributed by atoms with Crippen LogP contribution in [0.2, 0.25) is 0 Å². The highest BCUT2D eigenvalue weighted by Crippen LogP contribution is 2.31. The van der Waals surface area contributed by atoms with Crippen molar-refractivity contribution >= 4 is 0 Å². The van der Waals surface area contributed by atoms with Crippen molar-refractivity contribution in [2.24, 2.45) is 5.92 Å². The van der Waals surface area contributed by atoms with E-state index in [1.807, 2.05) is 13.8 Å². The molecule has 0 spiro atoms. The van der Waals surface area contributed by atoms with Gasteiger partial charge < -0.3 is 14.9 Å². The molecule has 20 heavy (non-hydrogen) atoms. The van der Waals surface area contributed by atoms with E-state index in [1.54, 1.807) is 0 Å². The van der Waals surface area contributed by atoms with Gasteiger partial charge in [-0.25, -0.2) is 0 Å². The normalized spacial score (nSPS) is 16.6. The maximum Gasteiger partial charge on any atom is 0.416 e. The topological polar surface area (TPSA) is 49.7 Å². The second-order valence-corrected chi connectivity index (χ2v) is 4.79. The molecular formula is C14H19F3O3. The second kappa shape index (κ2) is 6.95. The summed E-state index contributed by atoms with van der Waals surface area (Å²) in [5, 5.41) is 19.4. The maximum absolute atomic E-state index is 12.5. The minimum Gasteiger partial charge on any atom is -0.465 e. The number of halogens is 3. The first-order valence-corrected chi connectivity index (χ1v) is 6.44. The third-order valence-corrected chi connectivity index (χ3v) is 3.18. The molecule has 0 amide bonds. The lowest BCUT2D eigenvalue weighted by Gasteiger charge is -2.21.